The van der Waals surface area contributed by atoms with Crippen LogP contribution in [0.2, 0.25) is 0 Å². The summed E-state index contributed by atoms with van der Waals surface area (Å²) in [6.45, 7) is 3.59. The zero-order valence-corrected chi connectivity index (χ0v) is 14.6. The highest BCUT2D eigenvalue weighted by Crippen LogP contribution is 2.30. The fraction of sp³-hybridized carbons (Fsp3) is 0.471. The standard InChI is InChI=1S/C17H22N4OS/c1-12-11-23-16(19-12)14-5-4-8-21(10-14)17(22)13-6-7-18-15(9-13)20(2)3/h6-7,9,11,14H,4-5,8,10H2,1-3H3. The molecular weight excluding hydrogens is 308 g/mol. The van der Waals surface area contributed by atoms with E-state index in [1.807, 2.05) is 36.9 Å². The number of pyridine rings is 1. The topological polar surface area (TPSA) is 49.3 Å². The molecule has 1 atom stereocenters. The van der Waals surface area contributed by atoms with Crippen LogP contribution in [0.15, 0.2) is 23.7 Å². The zero-order valence-electron chi connectivity index (χ0n) is 13.8. The highest BCUT2D eigenvalue weighted by atomic mass is 32.1. The van der Waals surface area contributed by atoms with E-state index in [4.69, 9.17) is 0 Å². The first kappa shape index (κ1) is 15.9. The van der Waals surface area contributed by atoms with Gasteiger partial charge in [-0.3, -0.25) is 4.79 Å². The summed E-state index contributed by atoms with van der Waals surface area (Å²) in [5.74, 6) is 1.26. The van der Waals surface area contributed by atoms with Gasteiger partial charge in [-0.1, -0.05) is 0 Å². The van der Waals surface area contributed by atoms with Gasteiger partial charge in [0.05, 0.1) is 5.01 Å². The Morgan fingerprint density at radius 2 is 2.26 bits per heavy atom. The number of likely N-dealkylation sites (tertiary alicyclic amines) is 1. The van der Waals surface area contributed by atoms with E-state index in [1.165, 1.54) is 0 Å². The van der Waals surface area contributed by atoms with Gasteiger partial charge in [-0.15, -0.1) is 11.3 Å². The SMILES string of the molecule is Cc1csc(C2CCCN(C(=O)c3ccnc(N(C)C)c3)C2)n1. The van der Waals surface area contributed by atoms with Gasteiger partial charge in [-0.2, -0.15) is 0 Å². The quantitative estimate of drug-likeness (QED) is 0.868. The van der Waals surface area contributed by atoms with Crippen LogP contribution in [0.5, 0.6) is 0 Å². The second-order valence-corrected chi connectivity index (χ2v) is 7.10. The Morgan fingerprint density at radius 3 is 2.96 bits per heavy atom. The Bertz CT molecular complexity index is 697. The molecule has 0 N–H and O–H groups in total. The number of nitrogens with zero attached hydrogens (tertiary/aromatic N) is 4. The average Bonchev–Trinajstić information content (AvgIpc) is 3.01. The number of thiazole rings is 1. The Kier molecular flexibility index (Phi) is 4.61. The molecule has 0 aromatic carbocycles. The van der Waals surface area contributed by atoms with Crippen molar-refractivity contribution in [3.8, 4) is 0 Å². The van der Waals surface area contributed by atoms with E-state index in [9.17, 15) is 4.79 Å². The molecule has 1 fully saturated rings. The van der Waals surface area contributed by atoms with Crippen LogP contribution in [0.1, 0.15) is 39.8 Å². The molecule has 1 aliphatic rings. The average molecular weight is 330 g/mol. The Hall–Kier alpha value is -1.95. The second kappa shape index (κ2) is 6.66. The van der Waals surface area contributed by atoms with Gasteiger partial charge in [0.1, 0.15) is 5.82 Å². The normalized spacial score (nSPS) is 18.0. The molecule has 122 valence electrons. The summed E-state index contributed by atoms with van der Waals surface area (Å²) >= 11 is 1.71. The molecule has 0 spiro atoms. The number of carbonyl (C=O) groups is 1. The molecule has 0 bridgehead atoms. The molecule has 1 saturated heterocycles. The third-order valence-electron chi connectivity index (χ3n) is 4.15. The van der Waals surface area contributed by atoms with Crippen molar-refractivity contribution in [2.24, 2.45) is 0 Å². The number of amides is 1. The highest BCUT2D eigenvalue weighted by Gasteiger charge is 2.27. The molecule has 6 heteroatoms. The molecule has 3 rings (SSSR count). The molecule has 0 radical (unpaired) electrons. The predicted molar refractivity (Wildman–Crippen MR) is 93.3 cm³/mol. The minimum atomic E-state index is 0.0912. The summed E-state index contributed by atoms with van der Waals surface area (Å²) in [4.78, 5) is 25.6. The number of anilines is 1. The lowest BCUT2D eigenvalue weighted by molar-refractivity contribution is 0.0707. The van der Waals surface area contributed by atoms with Gasteiger partial charge in [0, 0.05) is 55.9 Å². The van der Waals surface area contributed by atoms with Crippen LogP contribution in [0.3, 0.4) is 0 Å². The number of piperidine rings is 1. The summed E-state index contributed by atoms with van der Waals surface area (Å²) in [5.41, 5.74) is 1.78. The molecule has 1 amide bonds. The van der Waals surface area contributed by atoms with E-state index in [-0.39, 0.29) is 5.91 Å². The molecule has 2 aromatic rings. The van der Waals surface area contributed by atoms with Crippen molar-refractivity contribution in [1.82, 2.24) is 14.9 Å². The van der Waals surface area contributed by atoms with E-state index >= 15 is 0 Å². The van der Waals surface area contributed by atoms with E-state index in [0.717, 1.165) is 42.5 Å². The summed E-state index contributed by atoms with van der Waals surface area (Å²) < 4.78 is 0. The molecule has 3 heterocycles. The van der Waals surface area contributed by atoms with Crippen LogP contribution in [0.4, 0.5) is 5.82 Å². The lowest BCUT2D eigenvalue weighted by Gasteiger charge is -2.32. The number of aromatic nitrogens is 2. The summed E-state index contributed by atoms with van der Waals surface area (Å²) in [7, 11) is 3.86. The molecule has 1 aliphatic heterocycles. The third kappa shape index (κ3) is 3.52. The van der Waals surface area contributed by atoms with Crippen molar-refractivity contribution in [3.63, 3.8) is 0 Å². The van der Waals surface area contributed by atoms with Gasteiger partial charge in [0.2, 0.25) is 0 Å². The first-order valence-corrected chi connectivity index (χ1v) is 8.77. The van der Waals surface area contributed by atoms with Crippen molar-refractivity contribution >= 4 is 23.1 Å². The first-order chi connectivity index (χ1) is 11.0. The maximum atomic E-state index is 12.8. The summed E-state index contributed by atoms with van der Waals surface area (Å²) in [6, 6.07) is 3.66. The van der Waals surface area contributed by atoms with Crippen molar-refractivity contribution in [3.05, 3.63) is 40.0 Å². The zero-order chi connectivity index (χ0) is 16.4. The van der Waals surface area contributed by atoms with Crippen LogP contribution >= 0.6 is 11.3 Å². The van der Waals surface area contributed by atoms with Gasteiger partial charge in [0.15, 0.2) is 0 Å². The van der Waals surface area contributed by atoms with Gasteiger partial charge < -0.3 is 9.80 Å². The third-order valence-corrected chi connectivity index (χ3v) is 5.27. The predicted octanol–water partition coefficient (Wildman–Crippen LogP) is 2.93. The van der Waals surface area contributed by atoms with Crippen molar-refractivity contribution in [2.75, 3.05) is 32.1 Å². The van der Waals surface area contributed by atoms with Crippen molar-refractivity contribution in [2.45, 2.75) is 25.7 Å². The molecule has 1 unspecified atom stereocenters. The molecule has 23 heavy (non-hydrogen) atoms. The van der Waals surface area contributed by atoms with Crippen LogP contribution in [0, 0.1) is 6.92 Å². The Balaban J connectivity index is 1.75. The largest absolute Gasteiger partial charge is 0.363 e. The minimum absolute atomic E-state index is 0.0912. The number of carbonyl (C=O) groups excluding carboxylic acids is 1. The minimum Gasteiger partial charge on any atom is -0.363 e. The number of aryl methyl sites for hydroxylation is 1. The monoisotopic (exact) mass is 330 g/mol. The molecular formula is C17H22N4OS. The molecule has 0 saturated carbocycles. The molecule has 2 aromatic heterocycles. The van der Waals surface area contributed by atoms with Crippen molar-refractivity contribution < 1.29 is 4.79 Å². The van der Waals surface area contributed by atoms with Gasteiger partial charge in [0.25, 0.3) is 5.91 Å². The van der Waals surface area contributed by atoms with Crippen LogP contribution in [-0.4, -0.2) is 48.0 Å². The van der Waals surface area contributed by atoms with E-state index < -0.39 is 0 Å². The smallest absolute Gasteiger partial charge is 0.254 e. The number of rotatable bonds is 3. The Morgan fingerprint density at radius 1 is 1.43 bits per heavy atom. The maximum absolute atomic E-state index is 12.8. The van der Waals surface area contributed by atoms with Crippen molar-refractivity contribution in [1.29, 1.82) is 0 Å². The van der Waals surface area contributed by atoms with E-state index in [0.29, 0.717) is 11.5 Å². The first-order valence-electron chi connectivity index (χ1n) is 7.89. The molecule has 0 aliphatic carbocycles. The lowest BCUT2D eigenvalue weighted by Crippen LogP contribution is -2.39. The Labute approximate surface area is 141 Å². The fourth-order valence-electron chi connectivity index (χ4n) is 2.90. The fourth-order valence-corrected chi connectivity index (χ4v) is 3.83. The van der Waals surface area contributed by atoms with Gasteiger partial charge in [-0.05, 0) is 31.9 Å². The van der Waals surface area contributed by atoms with E-state index in [1.54, 1.807) is 23.6 Å². The van der Waals surface area contributed by atoms with E-state index in [2.05, 4.69) is 15.3 Å². The summed E-state index contributed by atoms with van der Waals surface area (Å²) in [6.07, 6.45) is 3.84. The van der Waals surface area contributed by atoms with Crippen LogP contribution < -0.4 is 4.90 Å². The summed E-state index contributed by atoms with van der Waals surface area (Å²) in [5, 5.41) is 3.24. The van der Waals surface area contributed by atoms with Crippen LogP contribution in [0.25, 0.3) is 0 Å². The van der Waals surface area contributed by atoms with Gasteiger partial charge in [-0.25, -0.2) is 9.97 Å². The van der Waals surface area contributed by atoms with Gasteiger partial charge >= 0.3 is 0 Å². The van der Waals surface area contributed by atoms with Crippen LogP contribution in [-0.2, 0) is 0 Å². The molecule has 5 nitrogen and oxygen atoms in total. The highest BCUT2D eigenvalue weighted by molar-refractivity contribution is 7.09. The lowest BCUT2D eigenvalue weighted by atomic mass is 9.98. The maximum Gasteiger partial charge on any atom is 0.254 e. The number of hydrogen-bond donors (Lipinski definition) is 0. The second-order valence-electron chi connectivity index (χ2n) is 6.21. The number of hydrogen-bond acceptors (Lipinski definition) is 5.